The maximum Gasteiger partial charge on any atom is 0.407 e. The number of hydrogen-bond donors (Lipinski definition) is 5. The number of nitrogens with one attached hydrogen (secondary N) is 4. The molecule has 0 saturated carbocycles. The fourth-order valence-electron chi connectivity index (χ4n) is 4.96. The van der Waals surface area contributed by atoms with Gasteiger partial charge in [0.15, 0.2) is 0 Å². The van der Waals surface area contributed by atoms with E-state index >= 15 is 0 Å². The summed E-state index contributed by atoms with van der Waals surface area (Å²) in [5.74, 6) is -1.22. The predicted octanol–water partition coefficient (Wildman–Crippen LogP) is 5.23. The van der Waals surface area contributed by atoms with Gasteiger partial charge in [0.05, 0.1) is 17.6 Å². The summed E-state index contributed by atoms with van der Waals surface area (Å²) >= 11 is 0. The molecule has 2 atom stereocenters. The van der Waals surface area contributed by atoms with E-state index in [1.165, 1.54) is 0 Å². The van der Waals surface area contributed by atoms with Crippen LogP contribution in [0.1, 0.15) is 35.1 Å². The number of imidazole rings is 1. The molecule has 2 unspecified atom stereocenters. The van der Waals surface area contributed by atoms with E-state index in [4.69, 9.17) is 4.74 Å². The second kappa shape index (κ2) is 14.9. The number of hydrogen-bond acceptors (Lipinski definition) is 6. The molecule has 4 amide bonds. The second-order valence-electron chi connectivity index (χ2n) is 11.5. The molecule has 12 nitrogen and oxygen atoms in total. The quantitative estimate of drug-likeness (QED) is 0.142. The number of para-hydroxylation sites is 3. The van der Waals surface area contributed by atoms with E-state index in [0.29, 0.717) is 17.9 Å². The van der Waals surface area contributed by atoms with E-state index in [9.17, 15) is 24.3 Å². The number of carbonyl (C=O) groups is 4. The van der Waals surface area contributed by atoms with Gasteiger partial charge in [0.1, 0.15) is 18.5 Å². The number of urea groups is 1. The Labute approximate surface area is 271 Å². The van der Waals surface area contributed by atoms with Crippen molar-refractivity contribution in [1.29, 1.82) is 0 Å². The highest BCUT2D eigenvalue weighted by Crippen LogP contribution is 2.27. The van der Waals surface area contributed by atoms with E-state index in [1.54, 1.807) is 41.3 Å². The first-order chi connectivity index (χ1) is 22.7. The number of amides is 4. The molecule has 4 aromatic rings. The zero-order chi connectivity index (χ0) is 33.2. The number of nitrogens with zero attached hydrogens (tertiary/aromatic N) is 2. The zero-order valence-corrected chi connectivity index (χ0v) is 25.8. The molecule has 0 radical (unpaired) electrons. The second-order valence-corrected chi connectivity index (χ2v) is 11.5. The number of H-pyrrole nitrogens is 1. The van der Waals surface area contributed by atoms with Crippen LogP contribution in [0.15, 0.2) is 103 Å². The molecule has 1 heterocycles. The van der Waals surface area contributed by atoms with Gasteiger partial charge in [-0.05, 0) is 48.4 Å². The third kappa shape index (κ3) is 9.07. The molecular formula is C35H36N6O6. The summed E-state index contributed by atoms with van der Waals surface area (Å²) in [6.07, 6.45) is 7.47. The van der Waals surface area contributed by atoms with Gasteiger partial charge in [-0.1, -0.05) is 73.7 Å². The van der Waals surface area contributed by atoms with E-state index in [1.807, 2.05) is 73.7 Å². The molecule has 5 rings (SSSR count). The molecule has 12 heteroatoms. The molecule has 1 aliphatic carbocycles. The fourth-order valence-corrected chi connectivity index (χ4v) is 4.96. The van der Waals surface area contributed by atoms with Crippen molar-refractivity contribution in [2.45, 2.75) is 32.5 Å². The number of carboxylic acid groups (broad SMARTS) is 1. The summed E-state index contributed by atoms with van der Waals surface area (Å²) in [4.78, 5) is 59.7. The Morgan fingerprint density at radius 1 is 0.979 bits per heavy atom. The Morgan fingerprint density at radius 3 is 2.43 bits per heavy atom. The number of benzene rings is 3. The minimum Gasteiger partial charge on any atom is -0.480 e. The largest absolute Gasteiger partial charge is 0.480 e. The first-order valence-corrected chi connectivity index (χ1v) is 15.1. The molecule has 0 bridgehead atoms. The zero-order valence-electron chi connectivity index (χ0n) is 25.8. The number of carboxylic acids is 1. The molecular weight excluding hydrogens is 600 g/mol. The van der Waals surface area contributed by atoms with Gasteiger partial charge in [0.25, 0.3) is 5.91 Å². The average molecular weight is 637 g/mol. The predicted molar refractivity (Wildman–Crippen MR) is 176 cm³/mol. The maximum absolute atomic E-state index is 13.3. The number of rotatable bonds is 12. The van der Waals surface area contributed by atoms with Crippen LogP contribution in [-0.2, 0) is 22.6 Å². The van der Waals surface area contributed by atoms with Gasteiger partial charge < -0.3 is 35.7 Å². The van der Waals surface area contributed by atoms with Crippen molar-refractivity contribution in [2.24, 2.45) is 5.41 Å². The smallest absolute Gasteiger partial charge is 0.407 e. The first-order valence-electron chi connectivity index (χ1n) is 15.1. The normalized spacial score (nSPS) is 15.9. The number of aromatic nitrogens is 2. The van der Waals surface area contributed by atoms with Crippen LogP contribution in [0, 0.1) is 5.41 Å². The van der Waals surface area contributed by atoms with Gasteiger partial charge in [-0.25, -0.2) is 19.4 Å². The number of carbonyl (C=O) groups excluding carboxylic acids is 3. The third-order valence-corrected chi connectivity index (χ3v) is 7.60. The summed E-state index contributed by atoms with van der Waals surface area (Å²) in [6.45, 7) is 2.08. The van der Waals surface area contributed by atoms with E-state index in [2.05, 4.69) is 25.9 Å². The van der Waals surface area contributed by atoms with Crippen LogP contribution in [0.3, 0.4) is 0 Å². The number of allylic oxidation sites excluding steroid dienone is 3. The van der Waals surface area contributed by atoms with Crippen LogP contribution >= 0.6 is 0 Å². The highest BCUT2D eigenvalue weighted by molar-refractivity contribution is 5.94. The Kier molecular flexibility index (Phi) is 10.3. The van der Waals surface area contributed by atoms with E-state index in [-0.39, 0.29) is 43.3 Å². The topological polar surface area (TPSA) is 166 Å². The number of fused-ring (bicyclic) bond motifs is 1. The van der Waals surface area contributed by atoms with Crippen molar-refractivity contribution in [1.82, 2.24) is 25.5 Å². The molecule has 1 aromatic heterocycles. The van der Waals surface area contributed by atoms with Gasteiger partial charge in [-0.2, -0.15) is 0 Å². The summed E-state index contributed by atoms with van der Waals surface area (Å²) in [5, 5.41) is 17.4. The summed E-state index contributed by atoms with van der Waals surface area (Å²) < 4.78 is 5.25. The molecule has 0 fully saturated rings. The average Bonchev–Trinajstić information content (AvgIpc) is 3.49. The van der Waals surface area contributed by atoms with Crippen LogP contribution in [0.5, 0.6) is 0 Å². The molecule has 3 aromatic carbocycles. The molecule has 5 N–H and O–H groups in total. The van der Waals surface area contributed by atoms with Gasteiger partial charge >= 0.3 is 18.1 Å². The van der Waals surface area contributed by atoms with Gasteiger partial charge in [-0.15, -0.1) is 0 Å². The highest BCUT2D eigenvalue weighted by atomic mass is 16.5. The Hall–Kier alpha value is -5.91. The lowest BCUT2D eigenvalue weighted by Crippen LogP contribution is -2.49. The van der Waals surface area contributed by atoms with Crippen molar-refractivity contribution in [3.05, 3.63) is 120 Å². The van der Waals surface area contributed by atoms with Crippen molar-refractivity contribution >= 4 is 40.7 Å². The lowest BCUT2D eigenvalue weighted by Gasteiger charge is -2.26. The highest BCUT2D eigenvalue weighted by Gasteiger charge is 2.26. The number of aliphatic carboxylic acids is 1. The molecule has 0 saturated heterocycles. The third-order valence-electron chi connectivity index (χ3n) is 7.60. The van der Waals surface area contributed by atoms with Crippen LogP contribution in [-0.4, -0.2) is 63.2 Å². The van der Waals surface area contributed by atoms with Gasteiger partial charge in [0, 0.05) is 29.8 Å². The van der Waals surface area contributed by atoms with Crippen LogP contribution < -0.4 is 16.0 Å². The van der Waals surface area contributed by atoms with E-state index in [0.717, 1.165) is 16.6 Å². The number of ether oxygens (including phenoxy) is 1. The Morgan fingerprint density at radius 2 is 1.72 bits per heavy atom. The molecule has 1 aliphatic rings. The van der Waals surface area contributed by atoms with Crippen LogP contribution in [0.4, 0.5) is 15.3 Å². The molecule has 47 heavy (non-hydrogen) atoms. The minimum absolute atomic E-state index is 0.0777. The number of anilines is 1. The van der Waals surface area contributed by atoms with Gasteiger partial charge in [0.2, 0.25) is 0 Å². The van der Waals surface area contributed by atoms with Crippen molar-refractivity contribution < 1.29 is 29.0 Å². The Bertz CT molecular complexity index is 1750. The van der Waals surface area contributed by atoms with Crippen LogP contribution in [0.2, 0.25) is 0 Å². The summed E-state index contributed by atoms with van der Waals surface area (Å²) in [5.41, 5.74) is 2.97. The van der Waals surface area contributed by atoms with Gasteiger partial charge in [-0.3, -0.25) is 4.79 Å². The fraction of sp³-hybridized carbons (Fsp3) is 0.229. The lowest BCUT2D eigenvalue weighted by molar-refractivity contribution is -0.139. The minimum atomic E-state index is -1.39. The molecule has 0 spiro atoms. The summed E-state index contributed by atoms with van der Waals surface area (Å²) in [7, 11) is 0. The standard InChI is InChI=1S/C35H36N6O6/c1-35(18-8-3-9-19-35)23-47-34(46)40-29(32(43)44)20-36-31(42)25-16-14-24(15-17-25)21-41(33(45)37-26-10-4-2-5-11-26)22-30-38-27-12-6-7-13-28(27)39-30/h2-18,29H,19-23H2,1H3,(H,36,42)(H,37,45)(H,38,39)(H,40,46)(H,43,44). The number of alkyl carbamates (subject to hydrolysis) is 1. The number of aromatic amines is 1. The molecule has 242 valence electrons. The van der Waals surface area contributed by atoms with Crippen LogP contribution in [0.25, 0.3) is 11.0 Å². The van der Waals surface area contributed by atoms with Crippen molar-refractivity contribution in [2.75, 3.05) is 18.5 Å². The Balaban J connectivity index is 1.18. The SMILES string of the molecule is CC1(COC(=O)NC(CNC(=O)c2ccc(CN(Cc3nc4ccccc4[nH]3)C(=O)Nc3ccccc3)cc2)C(=O)O)C=CC=CC1. The maximum atomic E-state index is 13.3. The molecule has 0 aliphatic heterocycles. The first kappa shape index (κ1) is 32.5. The van der Waals surface area contributed by atoms with E-state index < -0.39 is 24.0 Å². The summed E-state index contributed by atoms with van der Waals surface area (Å²) in [6, 6.07) is 21.6. The monoisotopic (exact) mass is 636 g/mol. The lowest BCUT2D eigenvalue weighted by atomic mass is 9.85. The van der Waals surface area contributed by atoms with Crippen molar-refractivity contribution in [3.8, 4) is 0 Å². The van der Waals surface area contributed by atoms with Crippen molar-refractivity contribution in [3.63, 3.8) is 0 Å².